The molecule has 0 aromatic rings. The first-order valence-electron chi connectivity index (χ1n) is 5.27. The first-order valence-corrected chi connectivity index (χ1v) is 5.27. The summed E-state index contributed by atoms with van der Waals surface area (Å²) < 4.78 is 5.12. The summed E-state index contributed by atoms with van der Waals surface area (Å²) in [5.74, 6) is -1.33. The maximum atomic E-state index is 11.8. The van der Waals surface area contributed by atoms with Gasteiger partial charge in [-0.15, -0.1) is 0 Å². The Hall–Kier alpha value is -1.10. The van der Waals surface area contributed by atoms with Crippen molar-refractivity contribution in [3.05, 3.63) is 0 Å². The van der Waals surface area contributed by atoms with Gasteiger partial charge in [0.05, 0.1) is 12.6 Å². The molecule has 2 N–H and O–H groups in total. The number of carboxylic acids is 1. The highest BCUT2D eigenvalue weighted by molar-refractivity contribution is 6.02. The number of amides is 1. The molecule has 1 unspecified atom stereocenters. The van der Waals surface area contributed by atoms with E-state index in [1.165, 1.54) is 0 Å². The zero-order valence-corrected chi connectivity index (χ0v) is 8.49. The third kappa shape index (κ3) is 1.71. The minimum atomic E-state index is -1.15. The van der Waals surface area contributed by atoms with Gasteiger partial charge in [-0.2, -0.15) is 0 Å². The number of rotatable bonds is 3. The second kappa shape index (κ2) is 3.81. The maximum Gasteiger partial charge on any atom is 0.319 e. The summed E-state index contributed by atoms with van der Waals surface area (Å²) in [6.45, 7) is 1.15. The van der Waals surface area contributed by atoms with Gasteiger partial charge >= 0.3 is 5.97 Å². The van der Waals surface area contributed by atoms with E-state index in [4.69, 9.17) is 9.84 Å². The van der Waals surface area contributed by atoms with Crippen molar-refractivity contribution in [2.24, 2.45) is 5.41 Å². The number of carbonyl (C=O) groups excluding carboxylic acids is 1. The van der Waals surface area contributed by atoms with E-state index in [9.17, 15) is 9.59 Å². The molecule has 2 aliphatic rings. The highest BCUT2D eigenvalue weighted by Gasteiger charge is 2.51. The van der Waals surface area contributed by atoms with Gasteiger partial charge in [-0.25, -0.2) is 0 Å². The summed E-state index contributed by atoms with van der Waals surface area (Å²) in [6.07, 6.45) is 2.52. The molecule has 5 heteroatoms. The molecule has 1 amide bonds. The number of carboxylic acid groups (broad SMARTS) is 1. The van der Waals surface area contributed by atoms with Gasteiger partial charge in [0.2, 0.25) is 5.91 Å². The molecule has 0 aromatic carbocycles. The van der Waals surface area contributed by atoms with Crippen LogP contribution in [0.2, 0.25) is 0 Å². The molecule has 0 bridgehead atoms. The van der Waals surface area contributed by atoms with E-state index in [2.05, 4.69) is 5.32 Å². The van der Waals surface area contributed by atoms with Gasteiger partial charge in [0.25, 0.3) is 0 Å². The van der Waals surface area contributed by atoms with Gasteiger partial charge in [-0.1, -0.05) is 6.42 Å². The number of hydrogen-bond donors (Lipinski definition) is 2. The van der Waals surface area contributed by atoms with Gasteiger partial charge in [-0.05, 0) is 19.3 Å². The second-order valence-electron chi connectivity index (χ2n) is 4.27. The van der Waals surface area contributed by atoms with Crippen LogP contribution >= 0.6 is 0 Å². The van der Waals surface area contributed by atoms with Crippen molar-refractivity contribution < 1.29 is 19.4 Å². The normalized spacial score (nSPS) is 28.1. The molecule has 1 saturated heterocycles. The van der Waals surface area contributed by atoms with E-state index >= 15 is 0 Å². The molecule has 0 spiro atoms. The van der Waals surface area contributed by atoms with Gasteiger partial charge in [0.15, 0.2) is 0 Å². The van der Waals surface area contributed by atoms with Crippen molar-refractivity contribution in [2.75, 3.05) is 13.2 Å². The predicted octanol–water partition coefficient (Wildman–Crippen LogP) is 0.146. The molecular formula is C10H15NO4. The first kappa shape index (κ1) is 10.4. The Kier molecular flexibility index (Phi) is 2.65. The predicted molar refractivity (Wildman–Crippen MR) is 51.3 cm³/mol. The third-order valence-corrected chi connectivity index (χ3v) is 3.32. The molecule has 84 valence electrons. The van der Waals surface area contributed by atoms with Gasteiger partial charge in [0.1, 0.15) is 5.41 Å². The fourth-order valence-electron chi connectivity index (χ4n) is 2.04. The summed E-state index contributed by atoms with van der Waals surface area (Å²) in [5.41, 5.74) is -1.15. The van der Waals surface area contributed by atoms with Gasteiger partial charge in [0, 0.05) is 6.61 Å². The Bertz CT molecular complexity index is 279. The molecule has 1 saturated carbocycles. The zero-order chi connectivity index (χ0) is 10.9. The largest absolute Gasteiger partial charge is 0.480 e. The summed E-state index contributed by atoms with van der Waals surface area (Å²) in [6, 6.07) is -0.00525. The quantitative estimate of drug-likeness (QED) is 0.654. The van der Waals surface area contributed by atoms with E-state index in [-0.39, 0.29) is 11.9 Å². The van der Waals surface area contributed by atoms with Crippen molar-refractivity contribution >= 4 is 11.9 Å². The molecule has 2 rings (SSSR count). The topological polar surface area (TPSA) is 75.6 Å². The Morgan fingerprint density at radius 1 is 1.40 bits per heavy atom. The van der Waals surface area contributed by atoms with Crippen LogP contribution in [0.5, 0.6) is 0 Å². The summed E-state index contributed by atoms with van der Waals surface area (Å²) in [5, 5.41) is 11.8. The second-order valence-corrected chi connectivity index (χ2v) is 4.27. The fraction of sp³-hybridized carbons (Fsp3) is 0.800. The Balaban J connectivity index is 1.96. The minimum Gasteiger partial charge on any atom is -0.480 e. The van der Waals surface area contributed by atoms with Crippen molar-refractivity contribution in [3.8, 4) is 0 Å². The van der Waals surface area contributed by atoms with Crippen LogP contribution in [-0.4, -0.2) is 36.2 Å². The molecule has 1 atom stereocenters. The standard InChI is InChI=1S/C10H15NO4/c12-8(11-7-2-5-15-6-7)10(9(13)14)3-1-4-10/h7H,1-6H2,(H,11,12)(H,13,14). The number of ether oxygens (including phenoxy) is 1. The van der Waals surface area contributed by atoms with E-state index in [0.717, 1.165) is 12.8 Å². The average molecular weight is 213 g/mol. The lowest BCUT2D eigenvalue weighted by Crippen LogP contribution is -2.53. The number of aliphatic carboxylic acids is 1. The van der Waals surface area contributed by atoms with Crippen LogP contribution in [-0.2, 0) is 14.3 Å². The summed E-state index contributed by atoms with van der Waals surface area (Å²) >= 11 is 0. The van der Waals surface area contributed by atoms with E-state index in [1.54, 1.807) is 0 Å². The Morgan fingerprint density at radius 2 is 2.13 bits per heavy atom. The highest BCUT2D eigenvalue weighted by atomic mass is 16.5. The highest BCUT2D eigenvalue weighted by Crippen LogP contribution is 2.41. The van der Waals surface area contributed by atoms with Crippen LogP contribution < -0.4 is 5.32 Å². The molecule has 1 aliphatic heterocycles. The van der Waals surface area contributed by atoms with Crippen LogP contribution in [0.4, 0.5) is 0 Å². The molecule has 15 heavy (non-hydrogen) atoms. The van der Waals surface area contributed by atoms with Crippen LogP contribution in [0, 0.1) is 5.41 Å². The first-order chi connectivity index (χ1) is 7.15. The van der Waals surface area contributed by atoms with Crippen molar-refractivity contribution in [2.45, 2.75) is 31.7 Å². The van der Waals surface area contributed by atoms with Crippen LogP contribution in [0.1, 0.15) is 25.7 Å². The van der Waals surface area contributed by atoms with E-state index < -0.39 is 11.4 Å². The average Bonchev–Trinajstić information content (AvgIpc) is 2.53. The number of hydrogen-bond acceptors (Lipinski definition) is 3. The molecule has 5 nitrogen and oxygen atoms in total. The molecule has 0 aromatic heterocycles. The lowest BCUT2D eigenvalue weighted by molar-refractivity contribution is -0.162. The lowest BCUT2D eigenvalue weighted by atomic mass is 9.68. The zero-order valence-electron chi connectivity index (χ0n) is 8.49. The Labute approximate surface area is 87.8 Å². The smallest absolute Gasteiger partial charge is 0.319 e. The minimum absolute atomic E-state index is 0.00525. The van der Waals surface area contributed by atoms with Crippen molar-refractivity contribution in [1.29, 1.82) is 0 Å². The lowest BCUT2D eigenvalue weighted by Gasteiger charge is -2.36. The molecular weight excluding hydrogens is 198 g/mol. The maximum absolute atomic E-state index is 11.8. The molecule has 2 fully saturated rings. The number of nitrogens with one attached hydrogen (secondary N) is 1. The SMILES string of the molecule is O=C(O)C1(C(=O)NC2CCOC2)CCC1. The summed E-state index contributed by atoms with van der Waals surface area (Å²) in [4.78, 5) is 22.8. The van der Waals surface area contributed by atoms with Crippen LogP contribution in [0.15, 0.2) is 0 Å². The van der Waals surface area contributed by atoms with Gasteiger partial charge < -0.3 is 15.2 Å². The van der Waals surface area contributed by atoms with Crippen molar-refractivity contribution in [3.63, 3.8) is 0 Å². The van der Waals surface area contributed by atoms with E-state index in [1.807, 2.05) is 0 Å². The third-order valence-electron chi connectivity index (χ3n) is 3.32. The number of carbonyl (C=O) groups is 2. The Morgan fingerprint density at radius 3 is 2.53 bits per heavy atom. The van der Waals surface area contributed by atoms with Crippen molar-refractivity contribution in [1.82, 2.24) is 5.32 Å². The molecule has 1 heterocycles. The summed E-state index contributed by atoms with van der Waals surface area (Å²) in [7, 11) is 0. The van der Waals surface area contributed by atoms with Gasteiger partial charge in [-0.3, -0.25) is 9.59 Å². The fourth-order valence-corrected chi connectivity index (χ4v) is 2.04. The van der Waals surface area contributed by atoms with E-state index in [0.29, 0.717) is 26.1 Å². The monoisotopic (exact) mass is 213 g/mol. The molecule has 0 radical (unpaired) electrons. The van der Waals surface area contributed by atoms with Crippen LogP contribution in [0.25, 0.3) is 0 Å². The molecule has 1 aliphatic carbocycles. The van der Waals surface area contributed by atoms with Crippen LogP contribution in [0.3, 0.4) is 0 Å².